The third-order valence-electron chi connectivity index (χ3n) is 5.14. The molecule has 0 amide bonds. The Morgan fingerprint density at radius 2 is 1.90 bits per heavy atom. The molecule has 21 heavy (non-hydrogen) atoms. The summed E-state index contributed by atoms with van der Waals surface area (Å²) in [5.74, 6) is 0.927. The zero-order valence-electron chi connectivity index (χ0n) is 13.3. The van der Waals surface area contributed by atoms with Crippen molar-refractivity contribution in [3.8, 4) is 0 Å². The van der Waals surface area contributed by atoms with Crippen LogP contribution in [-0.4, -0.2) is 6.04 Å². The number of hydrogen-bond donors (Lipinski definition) is 1. The Kier molecular flexibility index (Phi) is 4.60. The molecule has 112 valence electrons. The molecule has 0 bridgehead atoms. The highest BCUT2D eigenvalue weighted by Crippen LogP contribution is 2.30. The van der Waals surface area contributed by atoms with Crippen LogP contribution in [0.3, 0.4) is 0 Å². The first kappa shape index (κ1) is 14.6. The smallest absolute Gasteiger partial charge is 0.0300 e. The van der Waals surface area contributed by atoms with Crippen molar-refractivity contribution >= 4 is 10.8 Å². The fourth-order valence-electron chi connectivity index (χ4n) is 3.88. The lowest BCUT2D eigenvalue weighted by Crippen LogP contribution is -2.35. The molecule has 1 aliphatic rings. The van der Waals surface area contributed by atoms with Crippen LogP contribution < -0.4 is 5.32 Å². The Labute approximate surface area is 128 Å². The second-order valence-corrected chi connectivity index (χ2v) is 6.59. The van der Waals surface area contributed by atoms with Gasteiger partial charge in [-0.1, -0.05) is 68.7 Å². The molecule has 2 aromatic carbocycles. The second-order valence-electron chi connectivity index (χ2n) is 6.59. The zero-order valence-corrected chi connectivity index (χ0v) is 13.3. The van der Waals surface area contributed by atoms with Crippen LogP contribution in [0.25, 0.3) is 10.8 Å². The van der Waals surface area contributed by atoms with E-state index in [0.29, 0.717) is 12.1 Å². The van der Waals surface area contributed by atoms with E-state index in [1.54, 1.807) is 0 Å². The maximum absolute atomic E-state index is 3.89. The van der Waals surface area contributed by atoms with Gasteiger partial charge in [-0.15, -0.1) is 0 Å². The maximum Gasteiger partial charge on any atom is 0.0300 e. The lowest BCUT2D eigenvalue weighted by atomic mass is 9.83. The van der Waals surface area contributed by atoms with E-state index in [0.717, 1.165) is 5.92 Å². The first-order valence-corrected chi connectivity index (χ1v) is 8.51. The van der Waals surface area contributed by atoms with Gasteiger partial charge < -0.3 is 5.32 Å². The molecule has 3 atom stereocenters. The number of benzene rings is 2. The van der Waals surface area contributed by atoms with Crippen LogP contribution in [0.1, 0.15) is 57.6 Å². The molecule has 0 radical (unpaired) electrons. The molecule has 2 aromatic rings. The predicted octanol–water partition coefficient (Wildman–Crippen LogP) is 5.46. The van der Waals surface area contributed by atoms with E-state index < -0.39 is 0 Å². The van der Waals surface area contributed by atoms with Crippen molar-refractivity contribution in [3.63, 3.8) is 0 Å². The van der Waals surface area contributed by atoms with Crippen molar-refractivity contribution in [1.82, 2.24) is 5.32 Å². The molecule has 1 heteroatoms. The monoisotopic (exact) mass is 281 g/mol. The first-order valence-electron chi connectivity index (χ1n) is 8.51. The number of hydrogen-bond acceptors (Lipinski definition) is 1. The normalized spacial score (nSPS) is 24.1. The van der Waals surface area contributed by atoms with Crippen molar-refractivity contribution in [2.45, 2.75) is 58.0 Å². The van der Waals surface area contributed by atoms with E-state index in [1.807, 2.05) is 0 Å². The first-order chi connectivity index (χ1) is 10.3. The van der Waals surface area contributed by atoms with E-state index in [1.165, 1.54) is 48.4 Å². The zero-order chi connectivity index (χ0) is 14.7. The molecule has 0 aliphatic heterocycles. The molecule has 1 fully saturated rings. The summed E-state index contributed by atoms with van der Waals surface area (Å²) in [7, 11) is 0. The summed E-state index contributed by atoms with van der Waals surface area (Å²) >= 11 is 0. The summed E-state index contributed by atoms with van der Waals surface area (Å²) < 4.78 is 0. The molecule has 1 saturated carbocycles. The van der Waals surface area contributed by atoms with E-state index in [-0.39, 0.29) is 0 Å². The molecular weight excluding hydrogens is 254 g/mol. The quantitative estimate of drug-likeness (QED) is 0.784. The summed E-state index contributed by atoms with van der Waals surface area (Å²) in [5.41, 5.74) is 1.44. The molecule has 0 saturated heterocycles. The molecule has 0 aromatic heterocycles. The highest BCUT2D eigenvalue weighted by Gasteiger charge is 2.22. The van der Waals surface area contributed by atoms with E-state index in [9.17, 15) is 0 Å². The average molecular weight is 281 g/mol. The van der Waals surface area contributed by atoms with E-state index in [2.05, 4.69) is 61.6 Å². The lowest BCUT2D eigenvalue weighted by Gasteiger charge is -2.32. The van der Waals surface area contributed by atoms with Crippen LogP contribution in [0.4, 0.5) is 0 Å². The highest BCUT2D eigenvalue weighted by atomic mass is 14.9. The Balaban J connectivity index is 1.76. The third-order valence-corrected chi connectivity index (χ3v) is 5.14. The van der Waals surface area contributed by atoms with Crippen LogP contribution in [0.15, 0.2) is 42.5 Å². The summed E-state index contributed by atoms with van der Waals surface area (Å²) in [4.78, 5) is 0. The summed E-state index contributed by atoms with van der Waals surface area (Å²) in [5, 5.41) is 6.63. The minimum Gasteiger partial charge on any atom is -0.307 e. The number of fused-ring (bicyclic) bond motifs is 1. The minimum absolute atomic E-state index is 0.428. The summed E-state index contributed by atoms with van der Waals surface area (Å²) in [6, 6.07) is 16.5. The van der Waals surface area contributed by atoms with Gasteiger partial charge in [-0.05, 0) is 42.0 Å². The number of rotatable bonds is 4. The van der Waals surface area contributed by atoms with Crippen molar-refractivity contribution in [2.24, 2.45) is 5.92 Å². The van der Waals surface area contributed by atoms with Gasteiger partial charge in [0.15, 0.2) is 0 Å². The summed E-state index contributed by atoms with van der Waals surface area (Å²) in [6.45, 7) is 4.65. The van der Waals surface area contributed by atoms with Crippen LogP contribution in [0.2, 0.25) is 0 Å². The molecular formula is C20H27N. The topological polar surface area (TPSA) is 12.0 Å². The Morgan fingerprint density at radius 3 is 2.76 bits per heavy atom. The molecule has 0 heterocycles. The Bertz CT molecular complexity index is 584. The van der Waals surface area contributed by atoms with Crippen LogP contribution >= 0.6 is 0 Å². The molecule has 1 aliphatic carbocycles. The second kappa shape index (κ2) is 6.62. The third kappa shape index (κ3) is 3.29. The van der Waals surface area contributed by atoms with Crippen LogP contribution in [0, 0.1) is 5.92 Å². The fourth-order valence-corrected chi connectivity index (χ4v) is 3.88. The van der Waals surface area contributed by atoms with Gasteiger partial charge in [-0.3, -0.25) is 0 Å². The van der Waals surface area contributed by atoms with Crippen molar-refractivity contribution in [3.05, 3.63) is 48.0 Å². The van der Waals surface area contributed by atoms with Gasteiger partial charge in [0.05, 0.1) is 0 Å². The SMILES string of the molecule is CCC1CCCC(NC(C)c2cccc3ccccc23)C1. The maximum atomic E-state index is 3.89. The van der Waals surface area contributed by atoms with Crippen LogP contribution in [-0.2, 0) is 0 Å². The number of nitrogens with one attached hydrogen (secondary N) is 1. The molecule has 1 N–H and O–H groups in total. The van der Waals surface area contributed by atoms with E-state index >= 15 is 0 Å². The Morgan fingerprint density at radius 1 is 1.10 bits per heavy atom. The van der Waals surface area contributed by atoms with Gasteiger partial charge >= 0.3 is 0 Å². The van der Waals surface area contributed by atoms with Gasteiger partial charge in [0, 0.05) is 12.1 Å². The van der Waals surface area contributed by atoms with Gasteiger partial charge in [-0.2, -0.15) is 0 Å². The highest BCUT2D eigenvalue weighted by molar-refractivity contribution is 5.86. The van der Waals surface area contributed by atoms with Crippen LogP contribution in [0.5, 0.6) is 0 Å². The molecule has 0 spiro atoms. The molecule has 3 rings (SSSR count). The van der Waals surface area contributed by atoms with Gasteiger partial charge in [0.25, 0.3) is 0 Å². The van der Waals surface area contributed by atoms with Crippen molar-refractivity contribution < 1.29 is 0 Å². The van der Waals surface area contributed by atoms with E-state index in [4.69, 9.17) is 0 Å². The lowest BCUT2D eigenvalue weighted by molar-refractivity contribution is 0.266. The van der Waals surface area contributed by atoms with Crippen molar-refractivity contribution in [2.75, 3.05) is 0 Å². The summed E-state index contributed by atoms with van der Waals surface area (Å²) in [6.07, 6.45) is 6.84. The average Bonchev–Trinajstić information content (AvgIpc) is 2.54. The fraction of sp³-hybridized carbons (Fsp3) is 0.500. The van der Waals surface area contributed by atoms with Gasteiger partial charge in [0.1, 0.15) is 0 Å². The molecule has 3 unspecified atom stereocenters. The van der Waals surface area contributed by atoms with Gasteiger partial charge in [-0.25, -0.2) is 0 Å². The largest absolute Gasteiger partial charge is 0.307 e. The molecule has 1 nitrogen and oxygen atoms in total. The standard InChI is InChI=1S/C20H27N/c1-3-16-8-6-11-18(14-16)21-15(2)19-13-7-10-17-9-4-5-12-20(17)19/h4-5,7,9-10,12-13,15-16,18,21H,3,6,8,11,14H2,1-2H3. The van der Waals surface area contributed by atoms with Crippen molar-refractivity contribution in [1.29, 1.82) is 0 Å². The Hall–Kier alpha value is -1.34. The minimum atomic E-state index is 0.428. The van der Waals surface area contributed by atoms with Gasteiger partial charge in [0.2, 0.25) is 0 Å². The predicted molar refractivity (Wildman–Crippen MR) is 91.5 cm³/mol.